The molecule has 2 amide bonds. The fourth-order valence-corrected chi connectivity index (χ4v) is 2.39. The van der Waals surface area contributed by atoms with Gasteiger partial charge in [0.05, 0.1) is 11.6 Å². The summed E-state index contributed by atoms with van der Waals surface area (Å²) in [6, 6.07) is 14.1. The summed E-state index contributed by atoms with van der Waals surface area (Å²) in [6.07, 6.45) is 1.53. The number of hydrogen-bond donors (Lipinski definition) is 2. The number of hydrogen-bond acceptors (Lipinski definition) is 3. The van der Waals surface area contributed by atoms with E-state index in [1.54, 1.807) is 24.3 Å². The van der Waals surface area contributed by atoms with Crippen molar-refractivity contribution in [3.05, 3.63) is 59.2 Å². The van der Waals surface area contributed by atoms with Gasteiger partial charge in [0, 0.05) is 11.4 Å². The Balaban J connectivity index is 2.12. The zero-order valence-corrected chi connectivity index (χ0v) is 13.7. The molecule has 0 atom stereocenters. The van der Waals surface area contributed by atoms with Gasteiger partial charge >= 0.3 is 11.8 Å². The minimum atomic E-state index is -0.743. The molecule has 0 bridgehead atoms. The van der Waals surface area contributed by atoms with Gasteiger partial charge in [-0.1, -0.05) is 32.0 Å². The maximum Gasteiger partial charge on any atom is 0.314 e. The van der Waals surface area contributed by atoms with Gasteiger partial charge in [-0.15, -0.1) is 0 Å². The average Bonchev–Trinajstić information content (AvgIpc) is 2.62. The lowest BCUT2D eigenvalue weighted by molar-refractivity contribution is -0.133. The summed E-state index contributed by atoms with van der Waals surface area (Å²) < 4.78 is 0. The van der Waals surface area contributed by atoms with E-state index in [0.29, 0.717) is 16.9 Å². The third kappa shape index (κ3) is 3.99. The van der Waals surface area contributed by atoms with Crippen molar-refractivity contribution < 1.29 is 9.59 Å². The molecule has 2 aromatic rings. The van der Waals surface area contributed by atoms with Gasteiger partial charge < -0.3 is 10.6 Å². The van der Waals surface area contributed by atoms with E-state index in [4.69, 9.17) is 5.26 Å². The first-order valence-electron chi connectivity index (χ1n) is 7.82. The van der Waals surface area contributed by atoms with E-state index in [9.17, 15) is 9.59 Å². The highest BCUT2D eigenvalue weighted by Crippen LogP contribution is 2.22. The van der Waals surface area contributed by atoms with Crippen LogP contribution in [0, 0.1) is 11.3 Å². The predicted octanol–water partition coefficient (Wildman–Crippen LogP) is 3.26. The molecular weight excluding hydrogens is 302 g/mol. The van der Waals surface area contributed by atoms with Crippen molar-refractivity contribution in [2.45, 2.75) is 26.7 Å². The molecule has 0 saturated carbocycles. The van der Waals surface area contributed by atoms with E-state index in [-0.39, 0.29) is 0 Å². The highest BCUT2D eigenvalue weighted by atomic mass is 16.2. The number of amides is 2. The number of nitrogens with one attached hydrogen (secondary N) is 2. The summed E-state index contributed by atoms with van der Waals surface area (Å²) in [5, 5.41) is 14.0. The highest BCUT2D eigenvalue weighted by molar-refractivity contribution is 6.43. The summed E-state index contributed by atoms with van der Waals surface area (Å²) >= 11 is 0. The van der Waals surface area contributed by atoms with Crippen molar-refractivity contribution in [1.82, 2.24) is 0 Å². The number of carbonyl (C=O) groups excluding carboxylic acids is 2. The molecule has 2 rings (SSSR count). The van der Waals surface area contributed by atoms with Gasteiger partial charge in [-0.05, 0) is 48.2 Å². The minimum absolute atomic E-state index is 0.466. The fraction of sp³-hybridized carbons (Fsp3) is 0.211. The third-order valence-corrected chi connectivity index (χ3v) is 3.72. The molecular formula is C19H19N3O2. The summed E-state index contributed by atoms with van der Waals surface area (Å²) in [4.78, 5) is 24.3. The maximum absolute atomic E-state index is 12.2. The van der Waals surface area contributed by atoms with Crippen LogP contribution in [-0.2, 0) is 22.4 Å². The zero-order valence-electron chi connectivity index (χ0n) is 13.7. The van der Waals surface area contributed by atoms with E-state index < -0.39 is 11.8 Å². The van der Waals surface area contributed by atoms with Crippen molar-refractivity contribution in [2.75, 3.05) is 10.6 Å². The Morgan fingerprint density at radius 2 is 1.46 bits per heavy atom. The van der Waals surface area contributed by atoms with Crippen LogP contribution in [0.25, 0.3) is 0 Å². The van der Waals surface area contributed by atoms with Gasteiger partial charge in [-0.25, -0.2) is 0 Å². The zero-order chi connectivity index (χ0) is 17.5. The van der Waals surface area contributed by atoms with Crippen molar-refractivity contribution in [1.29, 1.82) is 5.26 Å². The number of nitriles is 1. The molecule has 0 heterocycles. The van der Waals surface area contributed by atoms with Crippen LogP contribution >= 0.6 is 0 Å². The van der Waals surface area contributed by atoms with E-state index in [1.807, 2.05) is 38.1 Å². The number of rotatable bonds is 4. The molecule has 0 fully saturated rings. The molecule has 5 heteroatoms. The molecule has 0 radical (unpaired) electrons. The van der Waals surface area contributed by atoms with E-state index >= 15 is 0 Å². The van der Waals surface area contributed by atoms with E-state index in [0.717, 1.165) is 24.0 Å². The van der Waals surface area contributed by atoms with Crippen LogP contribution in [0.2, 0.25) is 0 Å². The molecule has 0 spiro atoms. The van der Waals surface area contributed by atoms with Crippen molar-refractivity contribution in [2.24, 2.45) is 0 Å². The van der Waals surface area contributed by atoms with E-state index in [1.165, 1.54) is 0 Å². The Kier molecular flexibility index (Phi) is 5.69. The summed E-state index contributed by atoms with van der Waals surface area (Å²) in [5.74, 6) is -1.46. The fourth-order valence-electron chi connectivity index (χ4n) is 2.39. The molecule has 0 unspecified atom stereocenters. The number of para-hydroxylation sites is 1. The Bertz CT molecular complexity index is 767. The topological polar surface area (TPSA) is 82.0 Å². The largest absolute Gasteiger partial charge is 0.318 e. The van der Waals surface area contributed by atoms with Crippen LogP contribution in [0.15, 0.2) is 42.5 Å². The second kappa shape index (κ2) is 7.93. The van der Waals surface area contributed by atoms with Gasteiger partial charge in [-0.2, -0.15) is 5.26 Å². The van der Waals surface area contributed by atoms with Gasteiger partial charge in [0.25, 0.3) is 0 Å². The summed E-state index contributed by atoms with van der Waals surface area (Å²) in [7, 11) is 0. The van der Waals surface area contributed by atoms with Crippen molar-refractivity contribution >= 4 is 23.2 Å². The van der Waals surface area contributed by atoms with Crippen LogP contribution in [0.4, 0.5) is 11.4 Å². The SMILES string of the molecule is CCc1cccc(CC)c1NC(=O)C(=O)Nc1ccc(C#N)cc1. The molecule has 0 saturated heterocycles. The molecule has 24 heavy (non-hydrogen) atoms. The number of carbonyl (C=O) groups is 2. The molecule has 2 N–H and O–H groups in total. The smallest absolute Gasteiger partial charge is 0.314 e. The lowest BCUT2D eigenvalue weighted by atomic mass is 10.0. The Labute approximate surface area is 141 Å². The van der Waals surface area contributed by atoms with Crippen LogP contribution in [0.5, 0.6) is 0 Å². The normalized spacial score (nSPS) is 9.88. The minimum Gasteiger partial charge on any atom is -0.318 e. The van der Waals surface area contributed by atoms with Crippen molar-refractivity contribution in [3.8, 4) is 6.07 Å². The average molecular weight is 321 g/mol. The first-order chi connectivity index (χ1) is 11.6. The number of benzene rings is 2. The van der Waals surface area contributed by atoms with Gasteiger partial charge in [0.1, 0.15) is 0 Å². The molecule has 0 aliphatic rings. The second-order valence-electron chi connectivity index (χ2n) is 5.26. The van der Waals surface area contributed by atoms with Gasteiger partial charge in [0.2, 0.25) is 0 Å². The Morgan fingerprint density at radius 1 is 0.917 bits per heavy atom. The first kappa shape index (κ1) is 17.2. The third-order valence-electron chi connectivity index (χ3n) is 3.72. The van der Waals surface area contributed by atoms with Crippen LogP contribution < -0.4 is 10.6 Å². The molecule has 2 aromatic carbocycles. The van der Waals surface area contributed by atoms with Crippen LogP contribution in [0.1, 0.15) is 30.5 Å². The maximum atomic E-state index is 12.2. The standard InChI is InChI=1S/C19H19N3O2/c1-3-14-6-5-7-15(4-2)17(14)22-19(24)18(23)21-16-10-8-13(12-20)9-11-16/h5-11H,3-4H2,1-2H3,(H,21,23)(H,22,24). The first-order valence-corrected chi connectivity index (χ1v) is 7.82. The molecule has 0 aliphatic carbocycles. The van der Waals surface area contributed by atoms with Crippen LogP contribution in [-0.4, -0.2) is 11.8 Å². The molecule has 0 aromatic heterocycles. The lowest BCUT2D eigenvalue weighted by Crippen LogP contribution is -2.29. The Hall–Kier alpha value is -3.13. The summed E-state index contributed by atoms with van der Waals surface area (Å²) in [6.45, 7) is 4.00. The van der Waals surface area contributed by atoms with Gasteiger partial charge in [0.15, 0.2) is 0 Å². The molecule has 5 nitrogen and oxygen atoms in total. The molecule has 122 valence electrons. The number of nitrogens with zero attached hydrogens (tertiary/aromatic N) is 1. The highest BCUT2D eigenvalue weighted by Gasteiger charge is 2.17. The second-order valence-corrected chi connectivity index (χ2v) is 5.26. The van der Waals surface area contributed by atoms with E-state index in [2.05, 4.69) is 10.6 Å². The van der Waals surface area contributed by atoms with Crippen LogP contribution in [0.3, 0.4) is 0 Å². The lowest BCUT2D eigenvalue weighted by Gasteiger charge is -2.14. The predicted molar refractivity (Wildman–Crippen MR) is 93.6 cm³/mol. The number of anilines is 2. The Morgan fingerprint density at radius 3 is 1.96 bits per heavy atom. The molecule has 0 aliphatic heterocycles. The summed E-state index contributed by atoms with van der Waals surface area (Å²) in [5.41, 5.74) is 3.65. The van der Waals surface area contributed by atoms with Crippen molar-refractivity contribution in [3.63, 3.8) is 0 Å². The quantitative estimate of drug-likeness (QED) is 0.848. The number of aryl methyl sites for hydroxylation is 2. The monoisotopic (exact) mass is 321 g/mol. The van der Waals surface area contributed by atoms with Gasteiger partial charge in [-0.3, -0.25) is 9.59 Å².